The van der Waals surface area contributed by atoms with Crippen LogP contribution in [0, 0.1) is 5.92 Å². The predicted octanol–water partition coefficient (Wildman–Crippen LogP) is -0.837. The normalized spacial score (nSPS) is 17.3. The number of carbonyl (C=O) groups is 5. The molecule has 5 N–H and O–H groups in total. The van der Waals surface area contributed by atoms with Crippen LogP contribution in [0.4, 0.5) is 39.5 Å². The number of hydrogen-bond donors (Lipinski definition) is 3. The van der Waals surface area contributed by atoms with Gasteiger partial charge in [-0.1, -0.05) is 25.8 Å². The molecule has 312 valence electrons. The first-order valence-corrected chi connectivity index (χ1v) is 16.9. The number of piperidine rings is 1. The van der Waals surface area contributed by atoms with Gasteiger partial charge in [0.25, 0.3) is 0 Å². The second-order valence-electron chi connectivity index (χ2n) is 12.4. The number of alkyl halides is 9. The minimum atomic E-state index is -5.19. The third-order valence-electron chi connectivity index (χ3n) is 8.08. The van der Waals surface area contributed by atoms with Gasteiger partial charge in [-0.25, -0.2) is 9.98 Å². The molecule has 22 heteroatoms. The molecule has 0 spiro atoms. The number of unbranched alkanes of at least 4 members (excludes halogenated alkanes) is 2. The van der Waals surface area contributed by atoms with Crippen LogP contribution < -0.4 is 35.8 Å². The SMILES string of the molecule is CCC(=O)CCCCCC(NC(=O)C1CC[NH+](C)CC1)C1=NC=C(c2cccc3ccc[nH+]c23)[NH2+]1.O=C([O-])C(F)(F)F.O=C([O-])C(F)(F)F.O=C([O-])C(F)(F)F. The number of nitrogens with two attached hydrogens (primary N) is 1. The lowest BCUT2D eigenvalue weighted by Gasteiger charge is -2.27. The molecule has 1 amide bonds. The monoisotopic (exact) mass is 817 g/mol. The van der Waals surface area contributed by atoms with E-state index in [1.54, 1.807) is 0 Å². The summed E-state index contributed by atoms with van der Waals surface area (Å²) in [5, 5.41) is 33.0. The topological polar surface area (TPSA) is 214 Å². The van der Waals surface area contributed by atoms with Gasteiger partial charge in [0, 0.05) is 43.1 Å². The number of aliphatic imine (C=N–C) groups is 1. The van der Waals surface area contributed by atoms with Crippen molar-refractivity contribution in [1.29, 1.82) is 0 Å². The zero-order chi connectivity index (χ0) is 42.9. The fourth-order valence-electron chi connectivity index (χ4n) is 5.09. The number of likely N-dealkylation sites (tertiary alicyclic amines) is 1. The van der Waals surface area contributed by atoms with Crippen molar-refractivity contribution < 1.29 is 94.0 Å². The molecule has 0 radical (unpaired) electrons. The van der Waals surface area contributed by atoms with Crippen LogP contribution in [-0.4, -0.2) is 80.1 Å². The Morgan fingerprint density at radius 3 is 1.88 bits per heavy atom. The average Bonchev–Trinajstić information content (AvgIpc) is 3.60. The lowest BCUT2D eigenvalue weighted by molar-refractivity contribution is -0.885. The molecule has 3 heterocycles. The largest absolute Gasteiger partial charge is 0.542 e. The molecule has 2 aromatic rings. The number of fused-ring (bicyclic) bond motifs is 1. The second kappa shape index (κ2) is 22.4. The van der Waals surface area contributed by atoms with Crippen molar-refractivity contribution in [2.45, 2.75) is 82.9 Å². The number of rotatable bonds is 11. The van der Waals surface area contributed by atoms with Gasteiger partial charge in [-0.2, -0.15) is 39.5 Å². The Morgan fingerprint density at radius 1 is 0.857 bits per heavy atom. The fraction of sp³-hybridized carbons (Fsp3) is 0.500. The maximum absolute atomic E-state index is 13.2. The van der Waals surface area contributed by atoms with Gasteiger partial charge < -0.3 is 39.9 Å². The van der Waals surface area contributed by atoms with Crippen LogP contribution in [0.2, 0.25) is 0 Å². The number of nitrogens with one attached hydrogen (secondary N) is 3. The number of amides is 1. The van der Waals surface area contributed by atoms with Gasteiger partial charge in [-0.3, -0.25) is 14.9 Å². The molecule has 1 unspecified atom stereocenters. The molecule has 13 nitrogen and oxygen atoms in total. The Hall–Kier alpha value is -5.12. The smallest absolute Gasteiger partial charge is 0.430 e. The van der Waals surface area contributed by atoms with E-state index in [-0.39, 0.29) is 17.9 Å². The van der Waals surface area contributed by atoms with Gasteiger partial charge in [-0.15, -0.1) is 0 Å². The summed E-state index contributed by atoms with van der Waals surface area (Å²) in [6.07, 6.45) is -4.87. The lowest BCUT2D eigenvalue weighted by atomic mass is 9.95. The van der Waals surface area contributed by atoms with Crippen molar-refractivity contribution in [3.05, 3.63) is 48.3 Å². The molecule has 1 saturated heterocycles. The summed E-state index contributed by atoms with van der Waals surface area (Å²) in [6, 6.07) is 10.3. The van der Waals surface area contributed by atoms with E-state index in [1.165, 1.54) is 4.90 Å². The molecular weight excluding hydrogens is 777 g/mol. The maximum Gasteiger partial charge on any atom is 0.430 e. The molecule has 2 aliphatic rings. The highest BCUT2D eigenvalue weighted by atomic mass is 19.4. The van der Waals surface area contributed by atoms with Crippen LogP contribution in [0.1, 0.15) is 63.9 Å². The molecule has 1 fully saturated rings. The van der Waals surface area contributed by atoms with Crippen LogP contribution in [0.15, 0.2) is 47.7 Å². The van der Waals surface area contributed by atoms with Crippen LogP contribution in [0.3, 0.4) is 0 Å². The number of quaternary nitrogens is 2. The molecule has 56 heavy (non-hydrogen) atoms. The van der Waals surface area contributed by atoms with Crippen molar-refractivity contribution in [2.75, 3.05) is 20.1 Å². The third-order valence-corrected chi connectivity index (χ3v) is 8.08. The van der Waals surface area contributed by atoms with E-state index in [1.807, 2.05) is 25.4 Å². The zero-order valence-corrected chi connectivity index (χ0v) is 30.0. The van der Waals surface area contributed by atoms with Crippen molar-refractivity contribution in [2.24, 2.45) is 10.9 Å². The van der Waals surface area contributed by atoms with E-state index in [0.717, 1.165) is 79.6 Å². The number of carboxylic acid groups (broad SMARTS) is 3. The minimum Gasteiger partial charge on any atom is -0.542 e. The Kier molecular flexibility index (Phi) is 19.6. The summed E-state index contributed by atoms with van der Waals surface area (Å²) in [4.78, 5) is 60.8. The van der Waals surface area contributed by atoms with Crippen molar-refractivity contribution in [3.8, 4) is 0 Å². The standard InChI is InChI=1S/C28H37N5O2.3C2HF3O2/c1-3-22(34)11-5-4-6-13-24(32-28(35)21-14-17-33(2)18-15-21)27-30-19-25(31-27)23-12-7-9-20-10-8-16-29-26(20)23;3*3-2(4,5)1(6)7/h7-10,12,16,19,21,24H,3-6,11,13-15,17-18H2,1-2H3,(H,30,31)(H,32,35);3*(H,6,7). The van der Waals surface area contributed by atoms with Gasteiger partial charge >= 0.3 is 18.5 Å². The van der Waals surface area contributed by atoms with Crippen LogP contribution in [0.5, 0.6) is 0 Å². The van der Waals surface area contributed by atoms with E-state index in [2.05, 4.69) is 46.9 Å². The molecule has 2 aliphatic heterocycles. The van der Waals surface area contributed by atoms with Gasteiger partial charge in [0.05, 0.1) is 26.3 Å². The van der Waals surface area contributed by atoms with Crippen LogP contribution in [-0.2, 0) is 24.0 Å². The number of Topliss-reactive ketones (excluding diaryl/α,β-unsaturated/α-hetero) is 1. The second-order valence-corrected chi connectivity index (χ2v) is 12.4. The number of amidine groups is 1. The zero-order valence-electron chi connectivity index (χ0n) is 30.0. The van der Waals surface area contributed by atoms with E-state index in [4.69, 9.17) is 34.7 Å². The van der Waals surface area contributed by atoms with Crippen molar-refractivity contribution in [3.63, 3.8) is 0 Å². The van der Waals surface area contributed by atoms with E-state index < -0.39 is 36.4 Å². The number of aromatic amines is 1. The summed E-state index contributed by atoms with van der Waals surface area (Å²) < 4.78 is 94.6. The lowest BCUT2D eigenvalue weighted by Crippen LogP contribution is -3.10. The molecule has 0 saturated carbocycles. The predicted molar refractivity (Wildman–Crippen MR) is 171 cm³/mol. The van der Waals surface area contributed by atoms with Gasteiger partial charge in [0.15, 0.2) is 11.9 Å². The number of pyridine rings is 1. The summed E-state index contributed by atoms with van der Waals surface area (Å²) in [5.41, 5.74) is 3.26. The van der Waals surface area contributed by atoms with Crippen LogP contribution in [0.25, 0.3) is 16.6 Å². The molecule has 0 aliphatic carbocycles. The number of aliphatic carboxylic acids is 3. The number of carbonyl (C=O) groups excluding carboxylic acids is 5. The quantitative estimate of drug-likeness (QED) is 0.192. The highest BCUT2D eigenvalue weighted by Crippen LogP contribution is 2.20. The molecule has 1 atom stereocenters. The Labute approximate surface area is 313 Å². The van der Waals surface area contributed by atoms with Crippen LogP contribution >= 0.6 is 0 Å². The number of halogens is 9. The number of H-pyrrole nitrogens is 1. The number of aromatic nitrogens is 1. The maximum atomic E-state index is 13.2. The van der Waals surface area contributed by atoms with Gasteiger partial charge in [0.1, 0.15) is 35.3 Å². The highest BCUT2D eigenvalue weighted by molar-refractivity contribution is 5.94. The number of nitrogens with zero attached hydrogens (tertiary/aromatic N) is 1. The highest BCUT2D eigenvalue weighted by Gasteiger charge is 2.33. The first-order valence-electron chi connectivity index (χ1n) is 16.9. The van der Waals surface area contributed by atoms with Gasteiger partial charge in [0.2, 0.25) is 17.3 Å². The van der Waals surface area contributed by atoms with E-state index >= 15 is 0 Å². The molecular formula is C34H40F9N5O8. The minimum absolute atomic E-state index is 0.0884. The fourth-order valence-corrected chi connectivity index (χ4v) is 5.09. The van der Waals surface area contributed by atoms with Crippen molar-refractivity contribution >= 4 is 52.0 Å². The number of hydrogen-bond acceptors (Lipinski definition) is 9. The number of benzene rings is 1. The summed E-state index contributed by atoms with van der Waals surface area (Å²) in [6.45, 7) is 4.01. The van der Waals surface area contributed by atoms with Crippen molar-refractivity contribution in [1.82, 2.24) is 5.32 Å². The molecule has 1 aromatic heterocycles. The number of ketones is 1. The molecule has 1 aromatic carbocycles. The Morgan fingerprint density at radius 2 is 1.38 bits per heavy atom. The Balaban J connectivity index is 0.000000610. The molecule has 0 bridgehead atoms. The third kappa shape index (κ3) is 18.0. The average molecular weight is 818 g/mol. The van der Waals surface area contributed by atoms with E-state index in [9.17, 15) is 49.1 Å². The summed E-state index contributed by atoms with van der Waals surface area (Å²) in [7, 11) is 2.19. The van der Waals surface area contributed by atoms with E-state index in [0.29, 0.717) is 18.6 Å². The number of para-hydroxylation sites is 1. The summed E-state index contributed by atoms with van der Waals surface area (Å²) in [5.74, 6) is -7.53. The molecule has 4 rings (SSSR count). The Bertz CT molecular complexity index is 1640. The first-order chi connectivity index (χ1) is 25.9. The number of carboxylic acids is 3. The first kappa shape index (κ1) is 48.9. The summed E-state index contributed by atoms with van der Waals surface area (Å²) >= 11 is 0. The van der Waals surface area contributed by atoms with Gasteiger partial charge in [-0.05, 0) is 31.0 Å².